The Kier molecular flexibility index (Phi) is 3.42. The number of aryl methyl sites for hydroxylation is 1. The third-order valence-corrected chi connectivity index (χ3v) is 2.46. The lowest BCUT2D eigenvalue weighted by Gasteiger charge is -2.10. The molecule has 0 unspecified atom stereocenters. The van der Waals surface area contributed by atoms with Gasteiger partial charge in [0, 0.05) is 12.4 Å². The first-order valence-corrected chi connectivity index (χ1v) is 5.57. The van der Waals surface area contributed by atoms with Crippen LogP contribution in [0.1, 0.15) is 16.2 Å². The molecule has 0 radical (unpaired) electrons. The zero-order valence-corrected chi connectivity index (χ0v) is 10.5. The summed E-state index contributed by atoms with van der Waals surface area (Å²) < 4.78 is 0. The monoisotopic (exact) mass is 261 g/mol. The van der Waals surface area contributed by atoms with E-state index in [0.29, 0.717) is 23.1 Å². The maximum Gasteiger partial charge on any atom is 0.221 e. The van der Waals surface area contributed by atoms with Gasteiger partial charge in [-0.25, -0.2) is 15.0 Å². The Morgan fingerprint density at radius 3 is 2.83 bits per heavy atom. The van der Waals surface area contributed by atoms with Crippen LogP contribution in [0.15, 0.2) is 24.5 Å². The van der Waals surface area contributed by atoms with E-state index in [9.17, 15) is 4.79 Å². The second kappa shape index (κ2) is 5.01. The normalized spacial score (nSPS) is 10.1. The van der Waals surface area contributed by atoms with E-state index in [0.717, 1.165) is 0 Å². The molecule has 2 heterocycles. The number of thiol groups is 1. The average molecular weight is 261 g/mol. The maximum atomic E-state index is 11.3. The van der Waals surface area contributed by atoms with E-state index in [1.165, 1.54) is 6.20 Å². The first kappa shape index (κ1) is 12.3. The molecule has 0 spiro atoms. The van der Waals surface area contributed by atoms with Crippen LogP contribution in [-0.2, 0) is 0 Å². The summed E-state index contributed by atoms with van der Waals surface area (Å²) in [5, 5.41) is 2.48. The summed E-state index contributed by atoms with van der Waals surface area (Å²) in [6, 6.07) is 3.42. The molecule has 18 heavy (non-hydrogen) atoms. The molecule has 3 N–H and O–H groups in total. The minimum absolute atomic E-state index is 0.272. The smallest absolute Gasteiger partial charge is 0.221 e. The van der Waals surface area contributed by atoms with Gasteiger partial charge in [-0.1, -0.05) is 0 Å². The molecule has 7 heteroatoms. The van der Waals surface area contributed by atoms with Crippen molar-refractivity contribution in [3.63, 3.8) is 0 Å². The van der Waals surface area contributed by atoms with Crippen molar-refractivity contribution >= 4 is 35.1 Å². The maximum absolute atomic E-state index is 11.3. The zero-order chi connectivity index (χ0) is 13.1. The van der Waals surface area contributed by atoms with E-state index in [2.05, 4.69) is 32.9 Å². The van der Waals surface area contributed by atoms with Crippen molar-refractivity contribution in [2.75, 3.05) is 11.1 Å². The highest BCUT2D eigenvalue weighted by atomic mass is 32.1. The number of pyridine rings is 1. The van der Waals surface area contributed by atoms with Gasteiger partial charge in [0.1, 0.15) is 11.6 Å². The predicted octanol–water partition coefficient (Wildman–Crippen LogP) is 1.58. The molecule has 0 saturated carbocycles. The minimum atomic E-state index is -0.424. The van der Waals surface area contributed by atoms with Gasteiger partial charge in [0.25, 0.3) is 0 Å². The Balaban J connectivity index is 2.42. The Morgan fingerprint density at radius 1 is 1.39 bits per heavy atom. The lowest BCUT2D eigenvalue weighted by molar-refractivity contribution is 0.109. The van der Waals surface area contributed by atoms with Gasteiger partial charge in [-0.15, -0.1) is 12.6 Å². The standard InChI is InChI=1S/C11H11N5OS/c1-6-14-5-7(11(17)18)9(15-6)16-10-8(12)3-2-4-13-10/h2-5H,12H2,1H3,(H,17,18)(H,13,14,15,16). The van der Waals surface area contributed by atoms with Gasteiger partial charge >= 0.3 is 0 Å². The fourth-order valence-corrected chi connectivity index (χ4v) is 1.52. The van der Waals surface area contributed by atoms with E-state index in [-0.39, 0.29) is 5.56 Å². The van der Waals surface area contributed by atoms with Crippen molar-refractivity contribution in [2.24, 2.45) is 0 Å². The van der Waals surface area contributed by atoms with E-state index in [1.807, 2.05) is 0 Å². The highest BCUT2D eigenvalue weighted by Gasteiger charge is 2.12. The summed E-state index contributed by atoms with van der Waals surface area (Å²) in [5.74, 6) is 1.31. The van der Waals surface area contributed by atoms with Crippen LogP contribution in [0.3, 0.4) is 0 Å². The van der Waals surface area contributed by atoms with Gasteiger partial charge in [0.15, 0.2) is 5.82 Å². The lowest BCUT2D eigenvalue weighted by Crippen LogP contribution is -2.06. The van der Waals surface area contributed by atoms with Crippen molar-refractivity contribution in [2.45, 2.75) is 6.92 Å². The van der Waals surface area contributed by atoms with Crippen LogP contribution in [0, 0.1) is 6.92 Å². The molecular weight excluding hydrogens is 250 g/mol. The van der Waals surface area contributed by atoms with Gasteiger partial charge in [0.05, 0.1) is 11.3 Å². The van der Waals surface area contributed by atoms with Gasteiger partial charge in [-0.05, 0) is 19.1 Å². The van der Waals surface area contributed by atoms with Crippen molar-refractivity contribution < 1.29 is 4.79 Å². The molecule has 2 rings (SSSR count). The molecule has 0 saturated heterocycles. The van der Waals surface area contributed by atoms with Crippen molar-refractivity contribution in [3.8, 4) is 0 Å². The number of hydrogen-bond donors (Lipinski definition) is 3. The number of aromatic nitrogens is 3. The largest absolute Gasteiger partial charge is 0.396 e. The van der Waals surface area contributed by atoms with Crippen LogP contribution in [-0.4, -0.2) is 20.1 Å². The Morgan fingerprint density at radius 2 is 2.17 bits per heavy atom. The Hall–Kier alpha value is -2.15. The fraction of sp³-hybridized carbons (Fsp3) is 0.0909. The molecule has 0 aromatic carbocycles. The van der Waals surface area contributed by atoms with E-state index >= 15 is 0 Å². The molecule has 2 aromatic rings. The first-order valence-electron chi connectivity index (χ1n) is 5.12. The lowest BCUT2D eigenvalue weighted by atomic mass is 10.3. The number of nitrogens with two attached hydrogens (primary N) is 1. The number of anilines is 3. The first-order chi connectivity index (χ1) is 8.58. The minimum Gasteiger partial charge on any atom is -0.396 e. The van der Waals surface area contributed by atoms with Crippen molar-refractivity contribution in [1.29, 1.82) is 0 Å². The molecule has 0 aliphatic heterocycles. The molecule has 6 nitrogen and oxygen atoms in total. The Labute approximate surface area is 109 Å². The Bertz CT molecular complexity index is 602. The number of rotatable bonds is 3. The second-order valence-electron chi connectivity index (χ2n) is 3.55. The summed E-state index contributed by atoms with van der Waals surface area (Å²) in [6.45, 7) is 1.72. The highest BCUT2D eigenvalue weighted by Crippen LogP contribution is 2.22. The SMILES string of the molecule is Cc1ncc(C(=O)S)c(Nc2ncccc2N)n1. The van der Waals surface area contributed by atoms with Gasteiger partial charge in [0.2, 0.25) is 5.12 Å². The number of nitrogens with zero attached hydrogens (tertiary/aromatic N) is 3. The van der Waals surface area contributed by atoms with E-state index in [4.69, 9.17) is 5.73 Å². The van der Waals surface area contributed by atoms with E-state index < -0.39 is 5.12 Å². The second-order valence-corrected chi connectivity index (χ2v) is 3.96. The molecule has 0 fully saturated rings. The summed E-state index contributed by atoms with van der Waals surface area (Å²) in [6.07, 6.45) is 3.01. The van der Waals surface area contributed by atoms with Gasteiger partial charge in [-0.2, -0.15) is 0 Å². The van der Waals surface area contributed by atoms with Crippen LogP contribution in [0.2, 0.25) is 0 Å². The topological polar surface area (TPSA) is 93.8 Å². The number of hydrogen-bond acceptors (Lipinski definition) is 6. The third-order valence-electron chi connectivity index (χ3n) is 2.22. The molecule has 2 aromatic heterocycles. The summed E-state index contributed by atoms with van der Waals surface area (Å²) in [4.78, 5) is 23.5. The van der Waals surface area contributed by atoms with Crippen LogP contribution in [0.5, 0.6) is 0 Å². The van der Waals surface area contributed by atoms with Gasteiger partial charge < -0.3 is 11.1 Å². The number of nitrogen functional groups attached to an aromatic ring is 1. The molecule has 0 aliphatic carbocycles. The zero-order valence-electron chi connectivity index (χ0n) is 9.58. The summed E-state index contributed by atoms with van der Waals surface area (Å²) in [5.41, 5.74) is 6.50. The van der Waals surface area contributed by atoms with Crippen molar-refractivity contribution in [1.82, 2.24) is 15.0 Å². The van der Waals surface area contributed by atoms with Gasteiger partial charge in [-0.3, -0.25) is 4.79 Å². The highest BCUT2D eigenvalue weighted by molar-refractivity contribution is 7.97. The molecule has 0 bridgehead atoms. The summed E-state index contributed by atoms with van der Waals surface area (Å²) in [7, 11) is 0. The van der Waals surface area contributed by atoms with Crippen LogP contribution in [0.25, 0.3) is 0 Å². The van der Waals surface area contributed by atoms with Crippen molar-refractivity contribution in [3.05, 3.63) is 35.9 Å². The molecule has 0 aliphatic rings. The van der Waals surface area contributed by atoms with Crippen LogP contribution >= 0.6 is 12.6 Å². The van der Waals surface area contributed by atoms with Crippen LogP contribution < -0.4 is 11.1 Å². The predicted molar refractivity (Wildman–Crippen MR) is 72.0 cm³/mol. The number of nitrogens with one attached hydrogen (secondary N) is 1. The number of carbonyl (C=O) groups excluding carboxylic acids is 1. The summed E-state index contributed by atoms with van der Waals surface area (Å²) >= 11 is 3.77. The molecule has 0 atom stereocenters. The fourth-order valence-electron chi connectivity index (χ4n) is 1.36. The van der Waals surface area contributed by atoms with Crippen LogP contribution in [0.4, 0.5) is 17.3 Å². The number of carbonyl (C=O) groups is 1. The quantitative estimate of drug-likeness (QED) is 0.726. The molecule has 92 valence electrons. The van der Waals surface area contributed by atoms with E-state index in [1.54, 1.807) is 25.3 Å². The third kappa shape index (κ3) is 2.57. The molecule has 0 amide bonds. The molecular formula is C11H11N5OS. The average Bonchev–Trinajstić information content (AvgIpc) is 2.32.